The Balaban J connectivity index is 2.37. The molecule has 0 saturated carbocycles. The number of nitrogens with one attached hydrogen (secondary N) is 1. The average molecular weight is 216 g/mol. The van der Waals surface area contributed by atoms with E-state index in [4.69, 9.17) is 0 Å². The molecule has 0 aliphatic carbocycles. The molecule has 0 saturated heterocycles. The fraction of sp³-hybridized carbons (Fsp3) is 0.385. The number of pyridine rings is 1. The predicted octanol–water partition coefficient (Wildman–Crippen LogP) is 3.18. The van der Waals surface area contributed by atoms with Crippen LogP contribution in [0.3, 0.4) is 0 Å². The molecule has 2 rings (SSSR count). The monoisotopic (exact) mass is 216 g/mol. The molecule has 3 nitrogen and oxygen atoms in total. The number of carbonyl (C=O) groups excluding carboxylic acids is 1. The number of H-pyrrole nitrogens is 1. The zero-order chi connectivity index (χ0) is 11.8. The summed E-state index contributed by atoms with van der Waals surface area (Å²) >= 11 is 0. The number of aromatic amines is 1. The maximum absolute atomic E-state index is 12.1. The highest BCUT2D eigenvalue weighted by atomic mass is 16.1. The van der Waals surface area contributed by atoms with Crippen molar-refractivity contribution in [3.05, 3.63) is 30.1 Å². The van der Waals surface area contributed by atoms with Crippen molar-refractivity contribution in [3.63, 3.8) is 0 Å². The van der Waals surface area contributed by atoms with Gasteiger partial charge >= 0.3 is 0 Å². The van der Waals surface area contributed by atoms with E-state index in [-0.39, 0.29) is 11.2 Å². The van der Waals surface area contributed by atoms with Gasteiger partial charge in [-0.3, -0.25) is 4.79 Å². The van der Waals surface area contributed by atoms with Gasteiger partial charge in [0.2, 0.25) is 0 Å². The molecule has 0 amide bonds. The third kappa shape index (κ3) is 2.13. The summed E-state index contributed by atoms with van der Waals surface area (Å²) < 4.78 is 0. The smallest absolute Gasteiger partial charge is 0.165 e. The first kappa shape index (κ1) is 10.9. The molecular weight excluding hydrogens is 200 g/mol. The molecule has 0 aliphatic heterocycles. The lowest BCUT2D eigenvalue weighted by Crippen LogP contribution is -2.12. The standard InChI is InChI=1S/C13H16N2O/c1-13(2,3)7-11(16)10-8-15-12-9(10)5-4-6-14-12/h4-6,8H,7H2,1-3H3,(H,14,15). The number of carbonyl (C=O) groups is 1. The van der Waals surface area contributed by atoms with Gasteiger partial charge in [-0.05, 0) is 17.5 Å². The largest absolute Gasteiger partial charge is 0.345 e. The molecule has 0 fully saturated rings. The van der Waals surface area contributed by atoms with E-state index in [1.165, 1.54) is 0 Å². The Morgan fingerprint density at radius 1 is 1.44 bits per heavy atom. The molecule has 0 bridgehead atoms. The number of Topliss-reactive ketones (excluding diaryl/α,β-unsaturated/α-hetero) is 1. The summed E-state index contributed by atoms with van der Waals surface area (Å²) in [6.45, 7) is 6.20. The molecule has 0 aliphatic rings. The van der Waals surface area contributed by atoms with Crippen LogP contribution in [-0.2, 0) is 0 Å². The van der Waals surface area contributed by atoms with Gasteiger partial charge in [-0.2, -0.15) is 0 Å². The Kier molecular flexibility index (Phi) is 2.54. The van der Waals surface area contributed by atoms with E-state index in [1.54, 1.807) is 12.4 Å². The van der Waals surface area contributed by atoms with Crippen molar-refractivity contribution in [2.75, 3.05) is 0 Å². The molecule has 1 N–H and O–H groups in total. The summed E-state index contributed by atoms with van der Waals surface area (Å²) in [5.74, 6) is 0.173. The Hall–Kier alpha value is -1.64. The normalized spacial score (nSPS) is 11.9. The van der Waals surface area contributed by atoms with Crippen molar-refractivity contribution < 1.29 is 4.79 Å². The minimum absolute atomic E-state index is 0.0168. The summed E-state index contributed by atoms with van der Waals surface area (Å²) in [6.07, 6.45) is 4.03. The summed E-state index contributed by atoms with van der Waals surface area (Å²) in [7, 11) is 0. The number of aromatic nitrogens is 2. The second-order valence-electron chi connectivity index (χ2n) is 5.26. The number of ketones is 1. The third-order valence-corrected chi connectivity index (χ3v) is 2.44. The first-order valence-corrected chi connectivity index (χ1v) is 5.43. The molecule has 0 spiro atoms. The average Bonchev–Trinajstić information content (AvgIpc) is 2.58. The fourth-order valence-electron chi connectivity index (χ4n) is 1.76. The van der Waals surface area contributed by atoms with E-state index < -0.39 is 0 Å². The van der Waals surface area contributed by atoms with Gasteiger partial charge in [0.25, 0.3) is 0 Å². The Morgan fingerprint density at radius 3 is 2.88 bits per heavy atom. The van der Waals surface area contributed by atoms with Crippen LogP contribution in [0.2, 0.25) is 0 Å². The van der Waals surface area contributed by atoms with Crippen molar-refractivity contribution in [2.24, 2.45) is 5.41 Å². The van der Waals surface area contributed by atoms with Crippen LogP contribution in [0.4, 0.5) is 0 Å². The SMILES string of the molecule is CC(C)(C)CC(=O)c1c[nH]c2ncccc12. The summed E-state index contributed by atoms with van der Waals surface area (Å²) in [6, 6.07) is 3.78. The van der Waals surface area contributed by atoms with E-state index >= 15 is 0 Å². The van der Waals surface area contributed by atoms with Gasteiger partial charge < -0.3 is 4.98 Å². The van der Waals surface area contributed by atoms with Gasteiger partial charge in [0.15, 0.2) is 5.78 Å². The molecule has 2 aromatic heterocycles. The van der Waals surface area contributed by atoms with Gasteiger partial charge in [0, 0.05) is 29.8 Å². The van der Waals surface area contributed by atoms with Gasteiger partial charge in [-0.25, -0.2) is 4.98 Å². The minimum atomic E-state index is 0.0168. The Bertz CT molecular complexity index is 520. The van der Waals surface area contributed by atoms with Gasteiger partial charge in [0.1, 0.15) is 5.65 Å². The zero-order valence-corrected chi connectivity index (χ0v) is 9.87. The zero-order valence-electron chi connectivity index (χ0n) is 9.87. The van der Waals surface area contributed by atoms with E-state index in [0.717, 1.165) is 16.6 Å². The van der Waals surface area contributed by atoms with Crippen molar-refractivity contribution in [1.82, 2.24) is 9.97 Å². The van der Waals surface area contributed by atoms with Gasteiger partial charge in [0.05, 0.1) is 0 Å². The number of fused-ring (bicyclic) bond motifs is 1. The number of hydrogen-bond donors (Lipinski definition) is 1. The van der Waals surface area contributed by atoms with Crippen LogP contribution in [0.15, 0.2) is 24.5 Å². The molecule has 2 heterocycles. The highest BCUT2D eigenvalue weighted by Gasteiger charge is 2.19. The van der Waals surface area contributed by atoms with Gasteiger partial charge in [-0.15, -0.1) is 0 Å². The first-order valence-electron chi connectivity index (χ1n) is 5.43. The minimum Gasteiger partial charge on any atom is -0.345 e. The first-order chi connectivity index (χ1) is 7.47. The lowest BCUT2D eigenvalue weighted by molar-refractivity contribution is 0.0941. The maximum Gasteiger partial charge on any atom is 0.165 e. The van der Waals surface area contributed by atoms with Crippen LogP contribution in [-0.4, -0.2) is 15.8 Å². The molecule has 2 aromatic rings. The molecule has 0 unspecified atom stereocenters. The number of nitrogens with zero attached hydrogens (tertiary/aromatic N) is 1. The summed E-state index contributed by atoms with van der Waals surface area (Å²) in [5, 5.41) is 0.914. The van der Waals surface area contributed by atoms with Gasteiger partial charge in [-0.1, -0.05) is 20.8 Å². The Morgan fingerprint density at radius 2 is 2.19 bits per heavy atom. The van der Waals surface area contributed by atoms with E-state index in [2.05, 4.69) is 30.7 Å². The predicted molar refractivity (Wildman–Crippen MR) is 64.5 cm³/mol. The molecule has 0 atom stereocenters. The van der Waals surface area contributed by atoms with Crippen molar-refractivity contribution in [1.29, 1.82) is 0 Å². The van der Waals surface area contributed by atoms with Crippen molar-refractivity contribution >= 4 is 16.8 Å². The molecular formula is C13H16N2O. The lowest BCUT2D eigenvalue weighted by atomic mass is 9.88. The Labute approximate surface area is 94.9 Å². The van der Waals surface area contributed by atoms with Crippen LogP contribution in [0, 0.1) is 5.41 Å². The van der Waals surface area contributed by atoms with Crippen LogP contribution in [0.1, 0.15) is 37.6 Å². The van der Waals surface area contributed by atoms with Crippen LogP contribution >= 0.6 is 0 Å². The summed E-state index contributed by atoms with van der Waals surface area (Å²) in [5.41, 5.74) is 1.54. The van der Waals surface area contributed by atoms with Crippen LogP contribution < -0.4 is 0 Å². The fourth-order valence-corrected chi connectivity index (χ4v) is 1.76. The molecule has 3 heteroatoms. The van der Waals surface area contributed by atoms with Crippen molar-refractivity contribution in [2.45, 2.75) is 27.2 Å². The number of rotatable bonds is 2. The van der Waals surface area contributed by atoms with E-state index in [0.29, 0.717) is 6.42 Å². The molecule has 0 radical (unpaired) electrons. The topological polar surface area (TPSA) is 45.8 Å². The van der Waals surface area contributed by atoms with Crippen LogP contribution in [0.25, 0.3) is 11.0 Å². The van der Waals surface area contributed by atoms with E-state index in [9.17, 15) is 4.79 Å². The lowest BCUT2D eigenvalue weighted by Gasteiger charge is -2.16. The second kappa shape index (κ2) is 3.74. The second-order valence-corrected chi connectivity index (χ2v) is 5.26. The number of hydrogen-bond acceptors (Lipinski definition) is 2. The molecule has 16 heavy (non-hydrogen) atoms. The van der Waals surface area contributed by atoms with E-state index in [1.807, 2.05) is 12.1 Å². The van der Waals surface area contributed by atoms with Crippen LogP contribution in [0.5, 0.6) is 0 Å². The third-order valence-electron chi connectivity index (χ3n) is 2.44. The summed E-state index contributed by atoms with van der Waals surface area (Å²) in [4.78, 5) is 19.3. The highest BCUT2D eigenvalue weighted by Crippen LogP contribution is 2.24. The highest BCUT2D eigenvalue weighted by molar-refractivity contribution is 6.07. The molecule has 84 valence electrons. The molecule has 0 aromatic carbocycles. The maximum atomic E-state index is 12.1. The quantitative estimate of drug-likeness (QED) is 0.783. The van der Waals surface area contributed by atoms with Crippen molar-refractivity contribution in [3.8, 4) is 0 Å².